The summed E-state index contributed by atoms with van der Waals surface area (Å²) in [6.45, 7) is 5.46. The molecule has 2 nitrogen and oxygen atoms in total. The van der Waals surface area contributed by atoms with Gasteiger partial charge in [0.15, 0.2) is 5.82 Å². The molecule has 0 aliphatic heterocycles. The Morgan fingerprint density at radius 3 is 2.67 bits per heavy atom. The van der Waals surface area contributed by atoms with Crippen LogP contribution in [0.2, 0.25) is 0 Å². The number of halogens is 1. The smallest absolute Gasteiger partial charge is 0.250 e. The molecule has 0 radical (unpaired) electrons. The van der Waals surface area contributed by atoms with Crippen molar-refractivity contribution in [2.75, 3.05) is 0 Å². The van der Waals surface area contributed by atoms with Gasteiger partial charge in [0.2, 0.25) is 0 Å². The number of ether oxygens (including phenoxy) is 1. The van der Waals surface area contributed by atoms with Crippen molar-refractivity contribution in [3.63, 3.8) is 0 Å². The molecular formula is C9H12FNO. The summed E-state index contributed by atoms with van der Waals surface area (Å²) in [6.07, 6.45) is 1.54. The third kappa shape index (κ3) is 2.19. The maximum atomic E-state index is 13.0. The molecule has 0 atom stereocenters. The van der Waals surface area contributed by atoms with Crippen LogP contribution < -0.4 is 4.74 Å². The molecule has 0 aromatic carbocycles. The summed E-state index contributed by atoms with van der Waals surface area (Å²) >= 11 is 0. The number of rotatable bonds is 2. The summed E-state index contributed by atoms with van der Waals surface area (Å²) in [5.41, 5.74) is 0.795. The summed E-state index contributed by atoms with van der Waals surface area (Å²) < 4.78 is 18.1. The number of hydrogen-bond donors (Lipinski definition) is 0. The summed E-state index contributed by atoms with van der Waals surface area (Å²) in [4.78, 5) is 3.82. The van der Waals surface area contributed by atoms with Crippen LogP contribution in [0.3, 0.4) is 0 Å². The molecule has 0 saturated heterocycles. The number of hydrogen-bond acceptors (Lipinski definition) is 2. The molecule has 1 aromatic heterocycles. The van der Waals surface area contributed by atoms with E-state index in [1.807, 2.05) is 13.8 Å². The molecule has 0 aliphatic carbocycles. The van der Waals surface area contributed by atoms with Crippen LogP contribution in [0.5, 0.6) is 5.88 Å². The predicted molar refractivity (Wildman–Crippen MR) is 44.7 cm³/mol. The second-order valence-electron chi connectivity index (χ2n) is 2.97. The van der Waals surface area contributed by atoms with Gasteiger partial charge in [0.1, 0.15) is 0 Å². The molecule has 1 heterocycles. The van der Waals surface area contributed by atoms with Crippen LogP contribution in [-0.2, 0) is 0 Å². The molecule has 0 spiro atoms. The van der Waals surface area contributed by atoms with Gasteiger partial charge in [-0.3, -0.25) is 0 Å². The molecule has 12 heavy (non-hydrogen) atoms. The predicted octanol–water partition coefficient (Wildman–Crippen LogP) is 2.32. The quantitative estimate of drug-likeness (QED) is 0.677. The van der Waals surface area contributed by atoms with Gasteiger partial charge < -0.3 is 4.74 Å². The van der Waals surface area contributed by atoms with Gasteiger partial charge in [0, 0.05) is 6.20 Å². The van der Waals surface area contributed by atoms with Gasteiger partial charge in [-0.25, -0.2) is 9.37 Å². The van der Waals surface area contributed by atoms with Gasteiger partial charge in [0.25, 0.3) is 5.88 Å². The molecule has 0 unspecified atom stereocenters. The first-order valence-electron chi connectivity index (χ1n) is 3.88. The largest absolute Gasteiger partial charge is 0.473 e. The first-order chi connectivity index (χ1) is 5.59. The van der Waals surface area contributed by atoms with E-state index in [9.17, 15) is 4.39 Å². The van der Waals surface area contributed by atoms with Gasteiger partial charge in [-0.15, -0.1) is 0 Å². The molecule has 1 aromatic rings. The van der Waals surface area contributed by atoms with Crippen molar-refractivity contribution in [2.24, 2.45) is 0 Å². The van der Waals surface area contributed by atoms with Crippen molar-refractivity contribution < 1.29 is 9.13 Å². The lowest BCUT2D eigenvalue weighted by atomic mass is 10.3. The van der Waals surface area contributed by atoms with Crippen molar-refractivity contribution in [3.05, 3.63) is 23.6 Å². The Morgan fingerprint density at radius 1 is 1.50 bits per heavy atom. The van der Waals surface area contributed by atoms with Gasteiger partial charge in [-0.05, 0) is 32.4 Å². The van der Waals surface area contributed by atoms with Crippen molar-refractivity contribution in [3.8, 4) is 5.88 Å². The molecule has 66 valence electrons. The normalized spacial score (nSPS) is 10.4. The van der Waals surface area contributed by atoms with Gasteiger partial charge in [-0.1, -0.05) is 0 Å². The molecule has 1 rings (SSSR count). The topological polar surface area (TPSA) is 22.1 Å². The van der Waals surface area contributed by atoms with Crippen molar-refractivity contribution in [2.45, 2.75) is 26.9 Å². The summed E-state index contributed by atoms with van der Waals surface area (Å²) in [5.74, 6) is -0.320. The Labute approximate surface area is 71.4 Å². The number of aromatic nitrogens is 1. The lowest BCUT2D eigenvalue weighted by molar-refractivity contribution is 0.220. The van der Waals surface area contributed by atoms with Crippen molar-refractivity contribution in [1.29, 1.82) is 0 Å². The van der Waals surface area contributed by atoms with E-state index in [0.717, 1.165) is 5.56 Å². The van der Waals surface area contributed by atoms with E-state index in [1.165, 1.54) is 6.07 Å². The minimum absolute atomic E-state index is 0.0466. The average Bonchev–Trinajstić information content (AvgIpc) is 1.94. The Balaban J connectivity index is 2.86. The highest BCUT2D eigenvalue weighted by molar-refractivity contribution is 5.19. The molecular weight excluding hydrogens is 157 g/mol. The van der Waals surface area contributed by atoms with E-state index in [-0.39, 0.29) is 12.0 Å². The number of nitrogens with zero attached hydrogens (tertiary/aromatic N) is 1. The van der Waals surface area contributed by atoms with E-state index in [0.29, 0.717) is 0 Å². The van der Waals surface area contributed by atoms with Crippen molar-refractivity contribution >= 4 is 0 Å². The average molecular weight is 169 g/mol. The molecule has 0 fully saturated rings. The third-order valence-electron chi connectivity index (χ3n) is 1.29. The van der Waals surface area contributed by atoms with E-state index < -0.39 is 5.82 Å². The summed E-state index contributed by atoms with van der Waals surface area (Å²) in [5, 5.41) is 0. The highest BCUT2D eigenvalue weighted by Gasteiger charge is 2.05. The van der Waals surface area contributed by atoms with Crippen LogP contribution in [0.15, 0.2) is 12.3 Å². The van der Waals surface area contributed by atoms with Crippen LogP contribution in [-0.4, -0.2) is 11.1 Å². The van der Waals surface area contributed by atoms with Gasteiger partial charge >= 0.3 is 0 Å². The zero-order valence-electron chi connectivity index (χ0n) is 7.47. The first-order valence-corrected chi connectivity index (χ1v) is 3.88. The van der Waals surface area contributed by atoms with E-state index in [4.69, 9.17) is 4.74 Å². The van der Waals surface area contributed by atoms with Crippen LogP contribution >= 0.6 is 0 Å². The SMILES string of the molecule is Cc1cnc(OC(C)C)c(F)c1. The lowest BCUT2D eigenvalue weighted by Gasteiger charge is -2.08. The zero-order valence-corrected chi connectivity index (χ0v) is 7.47. The van der Waals surface area contributed by atoms with Crippen LogP contribution in [0.1, 0.15) is 19.4 Å². The second kappa shape index (κ2) is 3.52. The van der Waals surface area contributed by atoms with E-state index in [1.54, 1.807) is 13.1 Å². The highest BCUT2D eigenvalue weighted by atomic mass is 19.1. The summed E-state index contributed by atoms with van der Waals surface area (Å²) in [7, 11) is 0. The Hall–Kier alpha value is -1.12. The van der Waals surface area contributed by atoms with E-state index >= 15 is 0 Å². The molecule has 0 saturated carbocycles. The maximum Gasteiger partial charge on any atom is 0.250 e. The Kier molecular flexibility index (Phi) is 2.63. The zero-order chi connectivity index (χ0) is 9.14. The number of pyridine rings is 1. The minimum Gasteiger partial charge on any atom is -0.473 e. The van der Waals surface area contributed by atoms with Gasteiger partial charge in [0.05, 0.1) is 6.10 Å². The second-order valence-corrected chi connectivity index (χ2v) is 2.97. The lowest BCUT2D eigenvalue weighted by Crippen LogP contribution is -2.08. The van der Waals surface area contributed by atoms with Gasteiger partial charge in [-0.2, -0.15) is 0 Å². The Morgan fingerprint density at radius 2 is 2.17 bits per heavy atom. The van der Waals surface area contributed by atoms with Crippen LogP contribution in [0.25, 0.3) is 0 Å². The molecule has 3 heteroatoms. The number of aryl methyl sites for hydroxylation is 1. The minimum atomic E-state index is -0.399. The van der Waals surface area contributed by atoms with Crippen molar-refractivity contribution in [1.82, 2.24) is 4.98 Å². The fraction of sp³-hybridized carbons (Fsp3) is 0.444. The fourth-order valence-electron chi connectivity index (χ4n) is 0.831. The molecule has 0 bridgehead atoms. The standard InChI is InChI=1S/C9H12FNO/c1-6(2)12-9-8(10)4-7(3)5-11-9/h4-6H,1-3H3. The molecule has 0 aliphatic rings. The molecule has 0 N–H and O–H groups in total. The summed E-state index contributed by atoms with van der Waals surface area (Å²) in [6, 6.07) is 1.41. The fourth-order valence-corrected chi connectivity index (χ4v) is 0.831. The van der Waals surface area contributed by atoms with Crippen LogP contribution in [0.4, 0.5) is 4.39 Å². The van der Waals surface area contributed by atoms with E-state index in [2.05, 4.69) is 4.98 Å². The first kappa shape index (κ1) is 8.97. The molecule has 0 amide bonds. The highest BCUT2D eigenvalue weighted by Crippen LogP contribution is 2.14. The maximum absolute atomic E-state index is 13.0. The van der Waals surface area contributed by atoms with Crippen LogP contribution in [0, 0.1) is 12.7 Å². The monoisotopic (exact) mass is 169 g/mol. The third-order valence-corrected chi connectivity index (χ3v) is 1.29. The Bertz CT molecular complexity index is 273.